The molecule has 0 aliphatic heterocycles. The zero-order chi connectivity index (χ0) is 13.5. The lowest BCUT2D eigenvalue weighted by molar-refractivity contribution is 0.0716. The van der Waals surface area contributed by atoms with Crippen LogP contribution in [0.15, 0.2) is 12.3 Å². The van der Waals surface area contributed by atoms with Crippen molar-refractivity contribution >= 4 is 5.91 Å². The van der Waals surface area contributed by atoms with E-state index in [1.54, 1.807) is 17.2 Å². The van der Waals surface area contributed by atoms with Crippen LogP contribution in [0.2, 0.25) is 0 Å². The molecule has 1 amide bonds. The number of hydrogen-bond donors (Lipinski definition) is 1. The van der Waals surface area contributed by atoms with Crippen molar-refractivity contribution in [3.05, 3.63) is 18.0 Å². The van der Waals surface area contributed by atoms with Crippen molar-refractivity contribution in [1.29, 1.82) is 0 Å². The van der Waals surface area contributed by atoms with Crippen LogP contribution < -0.4 is 0 Å². The Morgan fingerprint density at radius 3 is 2.61 bits per heavy atom. The second-order valence-electron chi connectivity index (χ2n) is 4.24. The SMILES string of the molecule is CCC(CC)n1nccc1C(=O)N(CC)CCO. The normalized spacial score (nSPS) is 10.9. The van der Waals surface area contributed by atoms with Crippen LogP contribution in [0.4, 0.5) is 0 Å². The highest BCUT2D eigenvalue weighted by molar-refractivity contribution is 5.92. The van der Waals surface area contributed by atoms with Crippen molar-refractivity contribution in [3.63, 3.8) is 0 Å². The van der Waals surface area contributed by atoms with Crippen molar-refractivity contribution in [2.24, 2.45) is 0 Å². The summed E-state index contributed by atoms with van der Waals surface area (Å²) in [5.74, 6) is -0.0593. The van der Waals surface area contributed by atoms with Gasteiger partial charge in [-0.25, -0.2) is 0 Å². The minimum Gasteiger partial charge on any atom is -0.395 e. The van der Waals surface area contributed by atoms with E-state index in [-0.39, 0.29) is 18.6 Å². The predicted octanol–water partition coefficient (Wildman–Crippen LogP) is 1.70. The van der Waals surface area contributed by atoms with Gasteiger partial charge < -0.3 is 10.0 Å². The third-order valence-corrected chi connectivity index (χ3v) is 3.22. The molecule has 1 aromatic rings. The molecule has 0 aliphatic rings. The molecule has 0 saturated carbocycles. The van der Waals surface area contributed by atoms with Crippen molar-refractivity contribution < 1.29 is 9.90 Å². The zero-order valence-corrected chi connectivity index (χ0v) is 11.5. The smallest absolute Gasteiger partial charge is 0.272 e. The number of aromatic nitrogens is 2. The van der Waals surface area contributed by atoms with Gasteiger partial charge in [-0.3, -0.25) is 9.48 Å². The summed E-state index contributed by atoms with van der Waals surface area (Å²) in [6, 6.07) is 2.01. The van der Waals surface area contributed by atoms with Crippen LogP contribution in [0.25, 0.3) is 0 Å². The minimum absolute atomic E-state index is 0.0152. The second-order valence-corrected chi connectivity index (χ2v) is 4.24. The highest BCUT2D eigenvalue weighted by Crippen LogP contribution is 2.18. The molecule has 0 unspecified atom stereocenters. The van der Waals surface area contributed by atoms with Gasteiger partial charge in [0.15, 0.2) is 0 Å². The summed E-state index contributed by atoms with van der Waals surface area (Å²) in [6.45, 7) is 7.03. The molecule has 0 atom stereocenters. The molecule has 102 valence electrons. The zero-order valence-electron chi connectivity index (χ0n) is 11.5. The predicted molar refractivity (Wildman–Crippen MR) is 70.5 cm³/mol. The molecule has 1 aromatic heterocycles. The number of hydrogen-bond acceptors (Lipinski definition) is 3. The van der Waals surface area contributed by atoms with Gasteiger partial charge in [-0.05, 0) is 25.8 Å². The first kappa shape index (κ1) is 14.7. The molecule has 0 bridgehead atoms. The van der Waals surface area contributed by atoms with E-state index in [0.717, 1.165) is 12.8 Å². The standard InChI is InChI=1S/C13H23N3O2/c1-4-11(5-2)16-12(7-8-14-16)13(18)15(6-3)9-10-17/h7-8,11,17H,4-6,9-10H2,1-3H3. The van der Waals surface area contributed by atoms with Gasteiger partial charge in [0.25, 0.3) is 5.91 Å². The molecule has 1 heterocycles. The summed E-state index contributed by atoms with van der Waals surface area (Å²) < 4.78 is 1.81. The van der Waals surface area contributed by atoms with Gasteiger partial charge in [0, 0.05) is 19.3 Å². The van der Waals surface area contributed by atoms with Crippen LogP contribution in [0, 0.1) is 0 Å². The number of carbonyl (C=O) groups excluding carboxylic acids is 1. The molecule has 0 aromatic carbocycles. The fourth-order valence-corrected chi connectivity index (χ4v) is 2.10. The highest BCUT2D eigenvalue weighted by Gasteiger charge is 2.20. The average Bonchev–Trinajstić information content (AvgIpc) is 2.86. The lowest BCUT2D eigenvalue weighted by atomic mass is 10.1. The quantitative estimate of drug-likeness (QED) is 0.804. The molecule has 0 spiro atoms. The third-order valence-electron chi connectivity index (χ3n) is 3.22. The molecular weight excluding hydrogens is 230 g/mol. The first-order valence-corrected chi connectivity index (χ1v) is 6.63. The summed E-state index contributed by atoms with van der Waals surface area (Å²) in [5, 5.41) is 13.2. The Hall–Kier alpha value is -1.36. The van der Waals surface area contributed by atoms with E-state index in [1.807, 2.05) is 11.6 Å². The molecule has 0 radical (unpaired) electrons. The third kappa shape index (κ3) is 3.10. The Balaban J connectivity index is 2.95. The van der Waals surface area contributed by atoms with E-state index >= 15 is 0 Å². The maximum Gasteiger partial charge on any atom is 0.272 e. The molecule has 1 N–H and O–H groups in total. The Morgan fingerprint density at radius 2 is 2.11 bits per heavy atom. The van der Waals surface area contributed by atoms with Crippen molar-refractivity contribution in [1.82, 2.24) is 14.7 Å². The number of nitrogens with zero attached hydrogens (tertiary/aromatic N) is 3. The lowest BCUT2D eigenvalue weighted by Crippen LogP contribution is -2.35. The highest BCUT2D eigenvalue weighted by atomic mass is 16.3. The van der Waals surface area contributed by atoms with Crippen LogP contribution in [-0.2, 0) is 0 Å². The van der Waals surface area contributed by atoms with Gasteiger partial charge in [-0.1, -0.05) is 13.8 Å². The van der Waals surface area contributed by atoms with Crippen molar-refractivity contribution in [2.75, 3.05) is 19.7 Å². The van der Waals surface area contributed by atoms with Crippen LogP contribution in [0.5, 0.6) is 0 Å². The number of amides is 1. The molecule has 0 saturated heterocycles. The first-order chi connectivity index (χ1) is 8.69. The number of likely N-dealkylation sites (N-methyl/N-ethyl adjacent to an activating group) is 1. The maximum atomic E-state index is 12.3. The summed E-state index contributed by atoms with van der Waals surface area (Å²) in [7, 11) is 0. The molecule has 18 heavy (non-hydrogen) atoms. The Kier molecular flexibility index (Phi) is 5.85. The maximum absolute atomic E-state index is 12.3. The Labute approximate surface area is 108 Å². The lowest BCUT2D eigenvalue weighted by Gasteiger charge is -2.22. The summed E-state index contributed by atoms with van der Waals surface area (Å²) in [6.07, 6.45) is 3.56. The largest absolute Gasteiger partial charge is 0.395 e. The van der Waals surface area contributed by atoms with Gasteiger partial charge in [0.2, 0.25) is 0 Å². The molecule has 0 fully saturated rings. The Morgan fingerprint density at radius 1 is 1.44 bits per heavy atom. The first-order valence-electron chi connectivity index (χ1n) is 6.63. The second kappa shape index (κ2) is 7.16. The van der Waals surface area contributed by atoms with E-state index in [4.69, 9.17) is 5.11 Å². The summed E-state index contributed by atoms with van der Waals surface area (Å²) in [4.78, 5) is 14.0. The van der Waals surface area contributed by atoms with E-state index in [2.05, 4.69) is 18.9 Å². The van der Waals surface area contributed by atoms with Gasteiger partial charge in [-0.2, -0.15) is 5.10 Å². The number of rotatable bonds is 7. The van der Waals surface area contributed by atoms with Crippen LogP contribution in [-0.4, -0.2) is 45.4 Å². The molecular formula is C13H23N3O2. The van der Waals surface area contributed by atoms with Crippen LogP contribution in [0.1, 0.15) is 50.1 Å². The summed E-state index contributed by atoms with van der Waals surface area (Å²) >= 11 is 0. The monoisotopic (exact) mass is 253 g/mol. The van der Waals surface area contributed by atoms with E-state index in [9.17, 15) is 4.79 Å². The average molecular weight is 253 g/mol. The molecule has 1 rings (SSSR count). The van der Waals surface area contributed by atoms with Gasteiger partial charge in [0.1, 0.15) is 5.69 Å². The summed E-state index contributed by atoms with van der Waals surface area (Å²) in [5.41, 5.74) is 0.610. The Bertz CT molecular complexity index is 372. The fourth-order valence-electron chi connectivity index (χ4n) is 2.10. The topological polar surface area (TPSA) is 58.4 Å². The van der Waals surface area contributed by atoms with Crippen LogP contribution in [0.3, 0.4) is 0 Å². The van der Waals surface area contributed by atoms with Crippen molar-refractivity contribution in [2.45, 2.75) is 39.7 Å². The number of aliphatic hydroxyl groups is 1. The minimum atomic E-state index is -0.0593. The van der Waals surface area contributed by atoms with E-state index < -0.39 is 0 Å². The molecule has 5 nitrogen and oxygen atoms in total. The van der Waals surface area contributed by atoms with Gasteiger partial charge in [0.05, 0.1) is 12.6 Å². The van der Waals surface area contributed by atoms with Crippen molar-refractivity contribution in [3.8, 4) is 0 Å². The molecule has 0 aliphatic carbocycles. The van der Waals surface area contributed by atoms with Gasteiger partial charge in [-0.15, -0.1) is 0 Å². The number of carbonyl (C=O) groups is 1. The fraction of sp³-hybridized carbons (Fsp3) is 0.692. The van der Waals surface area contributed by atoms with Crippen LogP contribution >= 0.6 is 0 Å². The van der Waals surface area contributed by atoms with E-state index in [1.165, 1.54) is 0 Å². The molecule has 5 heteroatoms. The van der Waals surface area contributed by atoms with Gasteiger partial charge >= 0.3 is 0 Å². The number of aliphatic hydroxyl groups excluding tert-OH is 1. The van der Waals surface area contributed by atoms with E-state index in [0.29, 0.717) is 18.8 Å².